The number of carbonyl (C=O) groups is 3. The van der Waals surface area contributed by atoms with Gasteiger partial charge in [0.1, 0.15) is 5.54 Å². The van der Waals surface area contributed by atoms with Crippen LogP contribution in [0.15, 0.2) is 18.2 Å². The molecule has 2 amide bonds. The summed E-state index contributed by atoms with van der Waals surface area (Å²) in [5, 5.41) is 12.2. The summed E-state index contributed by atoms with van der Waals surface area (Å²) < 4.78 is 5.17. The van der Waals surface area contributed by atoms with E-state index in [-0.39, 0.29) is 18.9 Å². The summed E-state index contributed by atoms with van der Waals surface area (Å²) in [4.78, 5) is 38.7. The van der Waals surface area contributed by atoms with E-state index in [1.807, 2.05) is 32.0 Å². The van der Waals surface area contributed by atoms with Gasteiger partial charge in [-0.1, -0.05) is 31.4 Å². The molecule has 1 aliphatic heterocycles. The van der Waals surface area contributed by atoms with Crippen molar-refractivity contribution in [2.24, 2.45) is 5.92 Å². The van der Waals surface area contributed by atoms with E-state index in [1.165, 1.54) is 0 Å². The molecule has 0 unspecified atom stereocenters. The topological polar surface area (TPSA) is 99.5 Å². The first-order valence-corrected chi connectivity index (χ1v) is 10.1. The standard InChI is InChI=1S/C22H27N3O4/c1-15-7-6-8-18(16(15)2)25-12-17(11-20(25)27)21(28)29-13-19(26)24-22(14-23)9-4-3-5-10-22/h6-8,17H,3-5,9-13H2,1-2H3,(H,24,26)/t17-/m0/s1. The average molecular weight is 397 g/mol. The molecule has 1 atom stereocenters. The SMILES string of the molecule is Cc1cccc(N2C[C@@H](C(=O)OCC(=O)NC3(C#N)CCCCC3)CC2=O)c1C. The van der Waals surface area contributed by atoms with E-state index in [0.717, 1.165) is 36.1 Å². The molecule has 7 nitrogen and oxygen atoms in total. The summed E-state index contributed by atoms with van der Waals surface area (Å²) in [6.07, 6.45) is 4.14. The van der Waals surface area contributed by atoms with Crippen LogP contribution in [-0.4, -0.2) is 36.5 Å². The van der Waals surface area contributed by atoms with Gasteiger partial charge in [-0.15, -0.1) is 0 Å². The maximum absolute atomic E-state index is 12.4. The van der Waals surface area contributed by atoms with Crippen LogP contribution >= 0.6 is 0 Å². The average Bonchev–Trinajstić information content (AvgIpc) is 3.10. The van der Waals surface area contributed by atoms with Crippen LogP contribution in [0.5, 0.6) is 0 Å². The summed E-state index contributed by atoms with van der Waals surface area (Å²) in [5.74, 6) is -1.76. The zero-order chi connectivity index (χ0) is 21.0. The smallest absolute Gasteiger partial charge is 0.311 e. The molecule has 0 aromatic heterocycles. The Morgan fingerprint density at radius 1 is 1.28 bits per heavy atom. The lowest BCUT2D eigenvalue weighted by molar-refractivity contribution is -0.152. The lowest BCUT2D eigenvalue weighted by Crippen LogP contribution is -2.50. The maximum Gasteiger partial charge on any atom is 0.311 e. The molecule has 3 rings (SSSR count). The number of rotatable bonds is 5. The number of benzene rings is 1. The van der Waals surface area contributed by atoms with Crippen LogP contribution in [0.3, 0.4) is 0 Å². The Hall–Kier alpha value is -2.88. The molecule has 154 valence electrons. The van der Waals surface area contributed by atoms with Crippen molar-refractivity contribution in [2.75, 3.05) is 18.1 Å². The quantitative estimate of drug-likeness (QED) is 0.770. The van der Waals surface area contributed by atoms with Crippen molar-refractivity contribution in [3.8, 4) is 6.07 Å². The minimum Gasteiger partial charge on any atom is -0.455 e. The molecule has 1 saturated heterocycles. The van der Waals surface area contributed by atoms with Crippen LogP contribution in [0.25, 0.3) is 0 Å². The Morgan fingerprint density at radius 3 is 2.69 bits per heavy atom. The van der Waals surface area contributed by atoms with Gasteiger partial charge in [0.25, 0.3) is 5.91 Å². The summed E-state index contributed by atoms with van der Waals surface area (Å²) in [7, 11) is 0. The second-order valence-electron chi connectivity index (χ2n) is 8.03. The Bertz CT molecular complexity index is 852. The van der Waals surface area contributed by atoms with Crippen LogP contribution in [0, 0.1) is 31.1 Å². The fraction of sp³-hybridized carbons (Fsp3) is 0.545. The third-order valence-electron chi connectivity index (χ3n) is 5.97. The number of hydrogen-bond donors (Lipinski definition) is 1. The number of hydrogen-bond acceptors (Lipinski definition) is 5. The number of esters is 1. The third-order valence-corrected chi connectivity index (χ3v) is 5.97. The summed E-state index contributed by atoms with van der Waals surface area (Å²) in [6.45, 7) is 3.73. The number of aryl methyl sites for hydroxylation is 1. The van der Waals surface area contributed by atoms with Gasteiger partial charge in [0.15, 0.2) is 6.61 Å². The van der Waals surface area contributed by atoms with Gasteiger partial charge in [-0.25, -0.2) is 0 Å². The molecule has 1 aromatic rings. The second-order valence-corrected chi connectivity index (χ2v) is 8.03. The normalized spacial score (nSPS) is 20.8. The minimum atomic E-state index is -0.857. The fourth-order valence-corrected chi connectivity index (χ4v) is 4.10. The maximum atomic E-state index is 12.4. The highest BCUT2D eigenvalue weighted by Crippen LogP contribution is 2.30. The molecule has 1 saturated carbocycles. The highest BCUT2D eigenvalue weighted by Gasteiger charge is 2.38. The number of anilines is 1. The Morgan fingerprint density at radius 2 is 2.00 bits per heavy atom. The molecule has 1 aromatic carbocycles. The van der Waals surface area contributed by atoms with Gasteiger partial charge in [0, 0.05) is 18.7 Å². The van der Waals surface area contributed by atoms with Crippen LogP contribution < -0.4 is 10.2 Å². The van der Waals surface area contributed by atoms with Gasteiger partial charge in [-0.3, -0.25) is 14.4 Å². The fourth-order valence-electron chi connectivity index (χ4n) is 4.10. The van der Waals surface area contributed by atoms with Gasteiger partial charge in [0.2, 0.25) is 5.91 Å². The van der Waals surface area contributed by atoms with Gasteiger partial charge < -0.3 is 15.0 Å². The van der Waals surface area contributed by atoms with Crippen molar-refractivity contribution >= 4 is 23.5 Å². The molecule has 2 fully saturated rings. The monoisotopic (exact) mass is 397 g/mol. The Balaban J connectivity index is 1.55. The molecule has 29 heavy (non-hydrogen) atoms. The van der Waals surface area contributed by atoms with Crippen molar-refractivity contribution in [1.29, 1.82) is 5.26 Å². The van der Waals surface area contributed by atoms with Crippen molar-refractivity contribution < 1.29 is 19.1 Å². The number of amides is 2. The summed E-state index contributed by atoms with van der Waals surface area (Å²) >= 11 is 0. The number of nitrogens with one attached hydrogen (secondary N) is 1. The molecule has 7 heteroatoms. The predicted octanol–water partition coefficient (Wildman–Crippen LogP) is 2.54. The molecule has 0 radical (unpaired) electrons. The molecular weight excluding hydrogens is 370 g/mol. The van der Waals surface area contributed by atoms with Crippen LogP contribution in [-0.2, 0) is 19.1 Å². The zero-order valence-corrected chi connectivity index (χ0v) is 17.0. The number of ether oxygens (including phenoxy) is 1. The molecule has 2 aliphatic rings. The van der Waals surface area contributed by atoms with Crippen LogP contribution in [0.1, 0.15) is 49.7 Å². The highest BCUT2D eigenvalue weighted by atomic mass is 16.5. The van der Waals surface area contributed by atoms with Crippen molar-refractivity contribution in [2.45, 2.75) is 57.9 Å². The van der Waals surface area contributed by atoms with E-state index >= 15 is 0 Å². The largest absolute Gasteiger partial charge is 0.455 e. The number of nitrogens with zero attached hydrogens (tertiary/aromatic N) is 2. The van der Waals surface area contributed by atoms with Gasteiger partial charge >= 0.3 is 5.97 Å². The lowest BCUT2D eigenvalue weighted by Gasteiger charge is -2.31. The van der Waals surface area contributed by atoms with Gasteiger partial charge in [-0.2, -0.15) is 5.26 Å². The van der Waals surface area contributed by atoms with E-state index < -0.39 is 29.9 Å². The van der Waals surface area contributed by atoms with E-state index in [0.29, 0.717) is 12.8 Å². The summed E-state index contributed by atoms with van der Waals surface area (Å²) in [6, 6.07) is 7.94. The van der Waals surface area contributed by atoms with Crippen molar-refractivity contribution in [1.82, 2.24) is 5.32 Å². The highest BCUT2D eigenvalue weighted by molar-refractivity contribution is 6.00. The second kappa shape index (κ2) is 8.64. The van der Waals surface area contributed by atoms with E-state index in [2.05, 4.69) is 11.4 Å². The molecule has 1 heterocycles. The van der Waals surface area contributed by atoms with E-state index in [4.69, 9.17) is 4.74 Å². The van der Waals surface area contributed by atoms with Crippen molar-refractivity contribution in [3.05, 3.63) is 29.3 Å². The first-order valence-electron chi connectivity index (χ1n) is 10.1. The summed E-state index contributed by atoms with van der Waals surface area (Å²) in [5.41, 5.74) is 2.02. The van der Waals surface area contributed by atoms with Crippen molar-refractivity contribution in [3.63, 3.8) is 0 Å². The number of carbonyl (C=O) groups excluding carboxylic acids is 3. The third kappa shape index (κ3) is 4.58. The first kappa shape index (κ1) is 20.8. The molecule has 0 bridgehead atoms. The Kier molecular flexibility index (Phi) is 6.21. The zero-order valence-electron chi connectivity index (χ0n) is 17.0. The lowest BCUT2D eigenvalue weighted by atomic mass is 9.83. The molecule has 1 N–H and O–H groups in total. The molecular formula is C22H27N3O4. The first-order chi connectivity index (χ1) is 13.8. The van der Waals surface area contributed by atoms with E-state index in [1.54, 1.807) is 4.90 Å². The van der Waals surface area contributed by atoms with Gasteiger partial charge in [-0.05, 0) is 43.9 Å². The molecule has 0 spiro atoms. The Labute approximate surface area is 171 Å². The number of nitriles is 1. The van der Waals surface area contributed by atoms with E-state index in [9.17, 15) is 19.6 Å². The minimum absolute atomic E-state index is 0.0654. The predicted molar refractivity (Wildman–Crippen MR) is 107 cm³/mol. The molecule has 1 aliphatic carbocycles. The van der Waals surface area contributed by atoms with Gasteiger partial charge in [0.05, 0.1) is 12.0 Å². The van der Waals surface area contributed by atoms with Crippen LogP contribution in [0.4, 0.5) is 5.69 Å². The van der Waals surface area contributed by atoms with Crippen LogP contribution in [0.2, 0.25) is 0 Å².